The van der Waals surface area contributed by atoms with Crippen molar-refractivity contribution in [1.29, 1.82) is 0 Å². The van der Waals surface area contributed by atoms with E-state index in [4.69, 9.17) is 0 Å². The normalized spacial score (nSPS) is 11.4. The predicted octanol–water partition coefficient (Wildman–Crippen LogP) is 2.63. The Hall–Kier alpha value is -1.35. The predicted molar refractivity (Wildman–Crippen MR) is 72.3 cm³/mol. The van der Waals surface area contributed by atoms with E-state index in [1.807, 2.05) is 52.8 Å². The van der Waals surface area contributed by atoms with E-state index in [0.717, 1.165) is 11.3 Å². The van der Waals surface area contributed by atoms with Crippen LogP contribution in [0.1, 0.15) is 31.9 Å². The van der Waals surface area contributed by atoms with Crippen LogP contribution in [0.25, 0.3) is 0 Å². The maximum Gasteiger partial charge on any atom is 0.238 e. The molecule has 0 saturated heterocycles. The maximum absolute atomic E-state index is 11.7. The average Bonchev–Trinajstić information content (AvgIpc) is 2.21. The molecular weight excluding hydrogens is 212 g/mol. The zero-order valence-corrected chi connectivity index (χ0v) is 11.3. The van der Waals surface area contributed by atoms with Crippen LogP contribution >= 0.6 is 0 Å². The second kappa shape index (κ2) is 5.32. The molecule has 1 aromatic rings. The molecule has 0 spiro atoms. The van der Waals surface area contributed by atoms with Crippen molar-refractivity contribution >= 4 is 11.6 Å². The number of nitrogens with one attached hydrogen (secondary N) is 2. The molecule has 17 heavy (non-hydrogen) atoms. The van der Waals surface area contributed by atoms with Gasteiger partial charge in [0.1, 0.15) is 0 Å². The van der Waals surface area contributed by atoms with Crippen LogP contribution in [0.4, 0.5) is 5.69 Å². The third-order valence-electron chi connectivity index (χ3n) is 2.66. The number of rotatable bonds is 3. The first-order valence-corrected chi connectivity index (χ1v) is 5.91. The minimum absolute atomic E-state index is 0.00590. The van der Waals surface area contributed by atoms with Crippen LogP contribution in [0.15, 0.2) is 18.2 Å². The first kappa shape index (κ1) is 13.7. The second-order valence-electron chi connectivity index (χ2n) is 5.40. The molecule has 1 amide bonds. The van der Waals surface area contributed by atoms with E-state index in [-0.39, 0.29) is 11.4 Å². The van der Waals surface area contributed by atoms with Gasteiger partial charge in [0.25, 0.3) is 0 Å². The summed E-state index contributed by atoms with van der Waals surface area (Å²) in [5, 5.41) is 6.09. The van der Waals surface area contributed by atoms with E-state index in [2.05, 4.69) is 10.6 Å². The molecule has 0 aliphatic carbocycles. The van der Waals surface area contributed by atoms with Crippen molar-refractivity contribution in [3.05, 3.63) is 29.3 Å². The summed E-state index contributed by atoms with van der Waals surface area (Å²) in [6.07, 6.45) is 0. The summed E-state index contributed by atoms with van der Waals surface area (Å²) in [5.74, 6) is -0.00590. The molecule has 0 aliphatic heterocycles. The Morgan fingerprint density at radius 1 is 1.24 bits per heavy atom. The molecule has 1 aromatic carbocycles. The highest BCUT2D eigenvalue weighted by molar-refractivity contribution is 5.93. The van der Waals surface area contributed by atoms with Gasteiger partial charge in [-0.1, -0.05) is 12.1 Å². The quantitative estimate of drug-likeness (QED) is 0.844. The summed E-state index contributed by atoms with van der Waals surface area (Å²) < 4.78 is 0. The van der Waals surface area contributed by atoms with E-state index in [9.17, 15) is 4.79 Å². The summed E-state index contributed by atoms with van der Waals surface area (Å²) >= 11 is 0. The lowest BCUT2D eigenvalue weighted by molar-refractivity contribution is -0.115. The van der Waals surface area contributed by atoms with Gasteiger partial charge in [0.15, 0.2) is 0 Å². The molecule has 3 heteroatoms. The Labute approximate surface area is 104 Å². The molecular formula is C14H22N2O. The second-order valence-corrected chi connectivity index (χ2v) is 5.40. The topological polar surface area (TPSA) is 41.1 Å². The van der Waals surface area contributed by atoms with E-state index in [0.29, 0.717) is 6.54 Å². The van der Waals surface area contributed by atoms with Crippen LogP contribution in [0.3, 0.4) is 0 Å². The van der Waals surface area contributed by atoms with Gasteiger partial charge < -0.3 is 10.6 Å². The number of aryl methyl sites for hydroxylation is 1. The smallest absolute Gasteiger partial charge is 0.238 e. The highest BCUT2D eigenvalue weighted by Crippen LogP contribution is 2.17. The monoisotopic (exact) mass is 234 g/mol. The van der Waals surface area contributed by atoms with Gasteiger partial charge in [-0.05, 0) is 51.8 Å². The van der Waals surface area contributed by atoms with Gasteiger partial charge in [0, 0.05) is 11.2 Å². The average molecular weight is 234 g/mol. The number of carbonyl (C=O) groups is 1. The van der Waals surface area contributed by atoms with Gasteiger partial charge in [0.05, 0.1) is 6.54 Å². The number of amides is 1. The Balaban J connectivity index is 2.60. The maximum atomic E-state index is 11.7. The Morgan fingerprint density at radius 3 is 2.47 bits per heavy atom. The number of hydrogen-bond donors (Lipinski definition) is 2. The Bertz CT molecular complexity index is 405. The summed E-state index contributed by atoms with van der Waals surface area (Å²) in [6, 6.07) is 5.92. The molecule has 0 aliphatic rings. The fraction of sp³-hybridized carbons (Fsp3) is 0.500. The van der Waals surface area contributed by atoms with Gasteiger partial charge in [0.2, 0.25) is 5.91 Å². The van der Waals surface area contributed by atoms with E-state index >= 15 is 0 Å². The standard InChI is InChI=1S/C14H22N2O/c1-10-7-6-8-12(11(10)2)16-13(17)9-15-14(3,4)5/h6-8,15H,9H2,1-5H3,(H,16,17). The van der Waals surface area contributed by atoms with Crippen molar-refractivity contribution in [1.82, 2.24) is 5.32 Å². The van der Waals surface area contributed by atoms with Crippen LogP contribution in [0.2, 0.25) is 0 Å². The molecule has 0 saturated carbocycles. The van der Waals surface area contributed by atoms with Crippen molar-refractivity contribution in [3.8, 4) is 0 Å². The third kappa shape index (κ3) is 4.57. The van der Waals surface area contributed by atoms with Crippen molar-refractivity contribution in [2.75, 3.05) is 11.9 Å². The van der Waals surface area contributed by atoms with Crippen molar-refractivity contribution < 1.29 is 4.79 Å². The molecule has 1 rings (SSSR count). The fourth-order valence-corrected chi connectivity index (χ4v) is 1.43. The van der Waals surface area contributed by atoms with Gasteiger partial charge in [-0.2, -0.15) is 0 Å². The molecule has 0 bridgehead atoms. The summed E-state index contributed by atoms with van der Waals surface area (Å²) in [7, 11) is 0. The number of anilines is 1. The van der Waals surface area contributed by atoms with E-state index in [1.165, 1.54) is 5.56 Å². The molecule has 0 heterocycles. The van der Waals surface area contributed by atoms with Gasteiger partial charge in [-0.15, -0.1) is 0 Å². The van der Waals surface area contributed by atoms with Gasteiger partial charge >= 0.3 is 0 Å². The van der Waals surface area contributed by atoms with Crippen LogP contribution < -0.4 is 10.6 Å². The lowest BCUT2D eigenvalue weighted by Gasteiger charge is -2.20. The van der Waals surface area contributed by atoms with Gasteiger partial charge in [-0.25, -0.2) is 0 Å². The lowest BCUT2D eigenvalue weighted by atomic mass is 10.1. The third-order valence-corrected chi connectivity index (χ3v) is 2.66. The van der Waals surface area contributed by atoms with Crippen molar-refractivity contribution in [3.63, 3.8) is 0 Å². The number of hydrogen-bond acceptors (Lipinski definition) is 2. The number of benzene rings is 1. The van der Waals surface area contributed by atoms with Crippen LogP contribution in [0, 0.1) is 13.8 Å². The SMILES string of the molecule is Cc1cccc(NC(=O)CNC(C)(C)C)c1C. The molecule has 0 fully saturated rings. The fourth-order valence-electron chi connectivity index (χ4n) is 1.43. The minimum Gasteiger partial charge on any atom is -0.325 e. The minimum atomic E-state index is -0.0427. The highest BCUT2D eigenvalue weighted by atomic mass is 16.1. The number of carbonyl (C=O) groups excluding carboxylic acids is 1. The first-order chi connectivity index (χ1) is 7.79. The van der Waals surface area contributed by atoms with Crippen molar-refractivity contribution in [2.45, 2.75) is 40.2 Å². The summed E-state index contributed by atoms with van der Waals surface area (Å²) in [6.45, 7) is 10.5. The first-order valence-electron chi connectivity index (χ1n) is 5.91. The van der Waals surface area contributed by atoms with Crippen LogP contribution in [0.5, 0.6) is 0 Å². The Morgan fingerprint density at radius 2 is 1.88 bits per heavy atom. The molecule has 0 unspecified atom stereocenters. The van der Waals surface area contributed by atoms with E-state index in [1.54, 1.807) is 0 Å². The highest BCUT2D eigenvalue weighted by Gasteiger charge is 2.12. The molecule has 3 nitrogen and oxygen atoms in total. The lowest BCUT2D eigenvalue weighted by Crippen LogP contribution is -2.41. The van der Waals surface area contributed by atoms with Crippen LogP contribution in [-0.4, -0.2) is 18.0 Å². The largest absolute Gasteiger partial charge is 0.325 e. The van der Waals surface area contributed by atoms with Crippen molar-refractivity contribution in [2.24, 2.45) is 0 Å². The zero-order chi connectivity index (χ0) is 13.1. The summed E-state index contributed by atoms with van der Waals surface area (Å²) in [4.78, 5) is 11.7. The van der Waals surface area contributed by atoms with Crippen LogP contribution in [-0.2, 0) is 4.79 Å². The Kier molecular flexibility index (Phi) is 4.29. The van der Waals surface area contributed by atoms with Gasteiger partial charge in [-0.3, -0.25) is 4.79 Å². The molecule has 0 radical (unpaired) electrons. The molecule has 2 N–H and O–H groups in total. The molecule has 94 valence electrons. The molecule has 0 aromatic heterocycles. The molecule has 0 atom stereocenters. The summed E-state index contributed by atoms with van der Waals surface area (Å²) in [5.41, 5.74) is 3.16. The van der Waals surface area contributed by atoms with E-state index < -0.39 is 0 Å². The zero-order valence-electron chi connectivity index (χ0n) is 11.3.